The van der Waals surface area contributed by atoms with Crippen molar-refractivity contribution in [1.29, 1.82) is 5.26 Å². The summed E-state index contributed by atoms with van der Waals surface area (Å²) in [5, 5.41) is 19.1. The zero-order valence-electron chi connectivity index (χ0n) is 21.1. The maximum Gasteiger partial charge on any atom is 0.408 e. The predicted molar refractivity (Wildman–Crippen MR) is 131 cm³/mol. The third kappa shape index (κ3) is 4.78. The molecule has 2 aliphatic rings. The first-order chi connectivity index (χ1) is 17.0. The number of carbonyl (C=O) groups excluding carboxylic acids is 2. The number of aromatic nitrogens is 2. The van der Waals surface area contributed by atoms with Crippen molar-refractivity contribution >= 4 is 18.0 Å². The Balaban J connectivity index is 1.49. The van der Waals surface area contributed by atoms with Crippen LogP contribution >= 0.6 is 0 Å². The lowest BCUT2D eigenvalue weighted by molar-refractivity contribution is -0.139. The number of fused-ring (bicyclic) bond motifs is 1. The Hall–Kier alpha value is -3.87. The molecular formula is C26H32N6O4. The van der Waals surface area contributed by atoms with Crippen LogP contribution in [-0.4, -0.2) is 78.1 Å². The minimum atomic E-state index is -1.15. The summed E-state index contributed by atoms with van der Waals surface area (Å²) in [7, 11) is 0. The molecule has 36 heavy (non-hydrogen) atoms. The Labute approximate surface area is 210 Å². The molecule has 0 spiro atoms. The molecule has 3 amide bonds. The van der Waals surface area contributed by atoms with Gasteiger partial charge in [0.05, 0.1) is 30.1 Å². The first-order valence-electron chi connectivity index (χ1n) is 12.2. The van der Waals surface area contributed by atoms with Gasteiger partial charge in [-0.2, -0.15) is 5.26 Å². The second kappa shape index (κ2) is 9.64. The largest absolute Gasteiger partial charge is 0.465 e. The Morgan fingerprint density at radius 3 is 2.39 bits per heavy atom. The summed E-state index contributed by atoms with van der Waals surface area (Å²) in [4.78, 5) is 48.0. The van der Waals surface area contributed by atoms with Crippen LogP contribution in [0.4, 0.5) is 9.59 Å². The second-order valence-corrected chi connectivity index (χ2v) is 10.5. The van der Waals surface area contributed by atoms with Gasteiger partial charge in [0.15, 0.2) is 0 Å². The molecule has 10 heteroatoms. The Morgan fingerprint density at radius 2 is 1.86 bits per heavy atom. The topological polar surface area (TPSA) is 123 Å². The molecule has 0 radical (unpaired) electrons. The standard InChI is InChI=1S/C26H32N6O4/c1-17-28-15-21-16-30(24(34)31(17)21)20-9-11-29(12-10-20)23(33)22(32(25(35)36)26(2,3)4)13-18-5-7-19(14-27)8-6-18/h5-8,15,20,22H,9-13,16H2,1-4H3,(H,35,36)/t22-/m1/s1. The van der Waals surface area contributed by atoms with E-state index >= 15 is 0 Å². The van der Waals surface area contributed by atoms with Gasteiger partial charge in [-0.05, 0) is 58.2 Å². The molecule has 3 heterocycles. The lowest BCUT2D eigenvalue weighted by atomic mass is 9.95. The molecule has 1 fully saturated rings. The molecule has 0 saturated carbocycles. The highest BCUT2D eigenvalue weighted by atomic mass is 16.4. The summed E-state index contributed by atoms with van der Waals surface area (Å²) in [6.45, 7) is 8.54. The fourth-order valence-electron chi connectivity index (χ4n) is 5.24. The van der Waals surface area contributed by atoms with Gasteiger partial charge in [-0.25, -0.2) is 14.6 Å². The minimum Gasteiger partial charge on any atom is -0.465 e. The van der Waals surface area contributed by atoms with Gasteiger partial charge in [-0.3, -0.25) is 14.3 Å². The predicted octanol–water partition coefficient (Wildman–Crippen LogP) is 3.23. The maximum absolute atomic E-state index is 13.8. The van der Waals surface area contributed by atoms with Crippen molar-refractivity contribution in [3.63, 3.8) is 0 Å². The van der Waals surface area contributed by atoms with Gasteiger partial charge in [-0.1, -0.05) is 12.1 Å². The van der Waals surface area contributed by atoms with Gasteiger partial charge in [-0.15, -0.1) is 0 Å². The molecule has 0 aliphatic carbocycles. The summed E-state index contributed by atoms with van der Waals surface area (Å²) in [6.07, 6.45) is 2.03. The lowest BCUT2D eigenvalue weighted by Gasteiger charge is -2.43. The number of hydrogen-bond donors (Lipinski definition) is 1. The molecular weight excluding hydrogens is 460 g/mol. The maximum atomic E-state index is 13.8. The van der Waals surface area contributed by atoms with E-state index in [2.05, 4.69) is 11.1 Å². The van der Waals surface area contributed by atoms with Crippen molar-refractivity contribution in [1.82, 2.24) is 24.3 Å². The monoisotopic (exact) mass is 492 g/mol. The summed E-state index contributed by atoms with van der Waals surface area (Å²) in [5.41, 5.74) is 1.37. The van der Waals surface area contributed by atoms with Crippen molar-refractivity contribution in [2.45, 2.75) is 71.1 Å². The zero-order valence-corrected chi connectivity index (χ0v) is 21.1. The van der Waals surface area contributed by atoms with E-state index in [1.807, 2.05) is 11.8 Å². The van der Waals surface area contributed by atoms with Gasteiger partial charge >= 0.3 is 12.1 Å². The number of rotatable bonds is 5. The molecule has 1 atom stereocenters. The van der Waals surface area contributed by atoms with Crippen LogP contribution in [0.15, 0.2) is 30.5 Å². The number of amides is 3. The van der Waals surface area contributed by atoms with Crippen LogP contribution in [0.5, 0.6) is 0 Å². The molecule has 1 aromatic carbocycles. The van der Waals surface area contributed by atoms with Gasteiger partial charge in [0, 0.05) is 31.1 Å². The van der Waals surface area contributed by atoms with Gasteiger partial charge < -0.3 is 14.9 Å². The van der Waals surface area contributed by atoms with E-state index in [9.17, 15) is 19.5 Å². The van der Waals surface area contributed by atoms with Crippen molar-refractivity contribution in [3.8, 4) is 6.07 Å². The van der Waals surface area contributed by atoms with Crippen LogP contribution in [0, 0.1) is 18.3 Å². The molecule has 2 aliphatic heterocycles. The number of aryl methyl sites for hydroxylation is 1. The van der Waals surface area contributed by atoms with Crippen molar-refractivity contribution in [2.24, 2.45) is 0 Å². The van der Waals surface area contributed by atoms with E-state index in [4.69, 9.17) is 5.26 Å². The molecule has 190 valence electrons. The van der Waals surface area contributed by atoms with E-state index in [1.54, 1.807) is 60.7 Å². The highest BCUT2D eigenvalue weighted by molar-refractivity contribution is 5.86. The number of carbonyl (C=O) groups is 3. The third-order valence-corrected chi connectivity index (χ3v) is 7.04. The summed E-state index contributed by atoms with van der Waals surface area (Å²) >= 11 is 0. The normalized spacial score (nSPS) is 17.0. The molecule has 0 unspecified atom stereocenters. The van der Waals surface area contributed by atoms with E-state index < -0.39 is 17.7 Å². The smallest absolute Gasteiger partial charge is 0.408 e. The number of piperidine rings is 1. The van der Waals surface area contributed by atoms with Crippen molar-refractivity contribution < 1.29 is 19.5 Å². The molecule has 1 N–H and O–H groups in total. The molecule has 1 aromatic heterocycles. The van der Waals surface area contributed by atoms with Crippen LogP contribution in [0.1, 0.15) is 56.3 Å². The SMILES string of the molecule is Cc1ncc2n1C(=O)N(C1CCN(C(=O)[C@@H](Cc3ccc(C#N)cc3)N(C(=O)O)C(C)(C)C)CC1)C2. The molecule has 1 saturated heterocycles. The van der Waals surface area contributed by atoms with Crippen molar-refractivity contribution in [2.75, 3.05) is 13.1 Å². The summed E-state index contributed by atoms with van der Waals surface area (Å²) < 4.78 is 1.64. The van der Waals surface area contributed by atoms with Gasteiger partial charge in [0.2, 0.25) is 5.91 Å². The number of hydrogen-bond acceptors (Lipinski definition) is 5. The summed E-state index contributed by atoms with van der Waals surface area (Å²) in [5.74, 6) is 0.431. The first-order valence-corrected chi connectivity index (χ1v) is 12.2. The van der Waals surface area contributed by atoms with Crippen LogP contribution in [-0.2, 0) is 17.8 Å². The number of nitriles is 1. The highest BCUT2D eigenvalue weighted by Gasteiger charge is 2.41. The Kier molecular flexibility index (Phi) is 6.76. The summed E-state index contributed by atoms with van der Waals surface area (Å²) in [6, 6.07) is 7.97. The zero-order chi connectivity index (χ0) is 26.2. The second-order valence-electron chi connectivity index (χ2n) is 10.5. The number of benzene rings is 1. The van der Waals surface area contributed by atoms with Gasteiger partial charge in [0.1, 0.15) is 11.9 Å². The van der Waals surface area contributed by atoms with Crippen LogP contribution in [0.3, 0.4) is 0 Å². The fraction of sp³-hybridized carbons (Fsp3) is 0.500. The fourth-order valence-corrected chi connectivity index (χ4v) is 5.24. The van der Waals surface area contributed by atoms with Crippen LogP contribution in [0.2, 0.25) is 0 Å². The van der Waals surface area contributed by atoms with Crippen LogP contribution in [0.25, 0.3) is 0 Å². The van der Waals surface area contributed by atoms with Crippen LogP contribution < -0.4 is 0 Å². The van der Waals surface area contributed by atoms with E-state index in [1.165, 1.54) is 4.90 Å². The van der Waals surface area contributed by atoms with Crippen molar-refractivity contribution in [3.05, 3.63) is 53.1 Å². The van der Waals surface area contributed by atoms with E-state index in [0.29, 0.717) is 43.9 Å². The minimum absolute atomic E-state index is 0.0102. The Bertz CT molecular complexity index is 1200. The molecule has 4 rings (SSSR count). The Morgan fingerprint density at radius 1 is 1.22 bits per heavy atom. The van der Waals surface area contributed by atoms with E-state index in [-0.39, 0.29) is 24.4 Å². The highest BCUT2D eigenvalue weighted by Crippen LogP contribution is 2.28. The van der Waals surface area contributed by atoms with Gasteiger partial charge in [0.25, 0.3) is 0 Å². The van der Waals surface area contributed by atoms with E-state index in [0.717, 1.165) is 11.3 Å². The number of carboxylic acid groups (broad SMARTS) is 1. The average molecular weight is 493 g/mol. The molecule has 2 aromatic rings. The number of likely N-dealkylation sites (tertiary alicyclic amines) is 1. The lowest BCUT2D eigenvalue weighted by Crippen LogP contribution is -2.59. The third-order valence-electron chi connectivity index (χ3n) is 7.04. The number of imidazole rings is 1. The quantitative estimate of drug-likeness (QED) is 0.684. The first kappa shape index (κ1) is 25.2. The molecule has 0 bridgehead atoms. The number of nitrogens with zero attached hydrogens (tertiary/aromatic N) is 6. The molecule has 10 nitrogen and oxygen atoms in total. The average Bonchev–Trinajstić information content (AvgIpc) is 3.37.